The fraction of sp³-hybridized carbons (Fsp3) is 0.286. The Balaban J connectivity index is 0.000000771. The number of rotatable bonds is 3. The number of aromatic nitrogens is 2. The maximum Gasteiger partial charge on any atom is 0.237 e. The Morgan fingerprint density at radius 3 is 2.50 bits per heavy atom. The molecule has 0 spiro atoms. The van der Waals surface area contributed by atoms with Crippen molar-refractivity contribution >= 4 is 5.69 Å². The SMILES string of the molecule is CC.Cc1cnc(OCc2ccncc2)c(N)c1. The first kappa shape index (κ1) is 14.0. The molecule has 0 unspecified atom stereocenters. The molecule has 2 aromatic heterocycles. The van der Waals surface area contributed by atoms with Gasteiger partial charge in [0.15, 0.2) is 0 Å². The van der Waals surface area contributed by atoms with E-state index < -0.39 is 0 Å². The van der Waals surface area contributed by atoms with E-state index >= 15 is 0 Å². The first-order valence-corrected chi connectivity index (χ1v) is 5.99. The van der Waals surface area contributed by atoms with Crippen molar-refractivity contribution < 1.29 is 4.74 Å². The molecule has 2 aromatic rings. The fourth-order valence-corrected chi connectivity index (χ4v) is 1.33. The second kappa shape index (κ2) is 7.27. The third kappa shape index (κ3) is 4.05. The first-order chi connectivity index (χ1) is 8.75. The molecule has 0 fully saturated rings. The molecule has 4 nitrogen and oxygen atoms in total. The van der Waals surface area contributed by atoms with Crippen LogP contribution >= 0.6 is 0 Å². The van der Waals surface area contributed by atoms with Crippen LogP contribution < -0.4 is 10.5 Å². The predicted octanol–water partition coefficient (Wildman–Crippen LogP) is 2.97. The van der Waals surface area contributed by atoms with Gasteiger partial charge < -0.3 is 10.5 Å². The molecule has 0 aliphatic heterocycles. The van der Waals surface area contributed by atoms with Crippen LogP contribution in [0.4, 0.5) is 5.69 Å². The van der Waals surface area contributed by atoms with Gasteiger partial charge in [-0.1, -0.05) is 13.8 Å². The minimum absolute atomic E-state index is 0.447. The lowest BCUT2D eigenvalue weighted by molar-refractivity contribution is 0.295. The van der Waals surface area contributed by atoms with Crippen molar-refractivity contribution in [1.29, 1.82) is 0 Å². The van der Waals surface area contributed by atoms with Crippen molar-refractivity contribution in [3.63, 3.8) is 0 Å². The summed E-state index contributed by atoms with van der Waals surface area (Å²) in [7, 11) is 0. The van der Waals surface area contributed by atoms with Crippen LogP contribution in [-0.2, 0) is 6.61 Å². The van der Waals surface area contributed by atoms with Crippen molar-refractivity contribution in [1.82, 2.24) is 9.97 Å². The Hall–Kier alpha value is -2.10. The lowest BCUT2D eigenvalue weighted by atomic mass is 10.3. The number of nitrogens with zero attached hydrogens (tertiary/aromatic N) is 2. The van der Waals surface area contributed by atoms with Crippen molar-refractivity contribution in [2.24, 2.45) is 0 Å². The summed E-state index contributed by atoms with van der Waals surface area (Å²) in [6, 6.07) is 5.63. The van der Waals surface area contributed by atoms with Crippen molar-refractivity contribution in [3.8, 4) is 5.88 Å². The average molecular weight is 245 g/mol. The Bertz CT molecular complexity index is 472. The molecule has 0 amide bonds. The number of aryl methyl sites for hydroxylation is 1. The van der Waals surface area contributed by atoms with E-state index in [0.717, 1.165) is 11.1 Å². The second-order valence-electron chi connectivity index (χ2n) is 3.55. The van der Waals surface area contributed by atoms with Gasteiger partial charge >= 0.3 is 0 Å². The van der Waals surface area contributed by atoms with Gasteiger partial charge in [-0.25, -0.2) is 4.98 Å². The highest BCUT2D eigenvalue weighted by molar-refractivity contribution is 5.49. The highest BCUT2D eigenvalue weighted by Crippen LogP contribution is 2.19. The van der Waals surface area contributed by atoms with Crippen LogP contribution in [-0.4, -0.2) is 9.97 Å². The monoisotopic (exact) mass is 245 g/mol. The number of ether oxygens (including phenoxy) is 1. The number of nitrogen functional groups attached to an aromatic ring is 1. The lowest BCUT2D eigenvalue weighted by Gasteiger charge is -2.07. The number of nitrogens with two attached hydrogens (primary N) is 1. The molecule has 0 saturated carbocycles. The van der Waals surface area contributed by atoms with E-state index in [4.69, 9.17) is 10.5 Å². The third-order valence-corrected chi connectivity index (χ3v) is 2.14. The van der Waals surface area contributed by atoms with Crippen LogP contribution in [0, 0.1) is 6.92 Å². The van der Waals surface area contributed by atoms with Gasteiger partial charge in [-0.2, -0.15) is 0 Å². The quantitative estimate of drug-likeness (QED) is 0.903. The molecule has 0 aliphatic carbocycles. The molecule has 2 rings (SSSR count). The molecule has 0 aromatic carbocycles. The number of anilines is 1. The van der Waals surface area contributed by atoms with Crippen LogP contribution in [0.5, 0.6) is 5.88 Å². The minimum Gasteiger partial charge on any atom is -0.471 e. The highest BCUT2D eigenvalue weighted by atomic mass is 16.5. The molecule has 0 radical (unpaired) electrons. The third-order valence-electron chi connectivity index (χ3n) is 2.14. The minimum atomic E-state index is 0.447. The smallest absolute Gasteiger partial charge is 0.237 e. The summed E-state index contributed by atoms with van der Waals surface area (Å²) in [5, 5.41) is 0. The van der Waals surface area contributed by atoms with E-state index in [9.17, 15) is 0 Å². The Morgan fingerprint density at radius 1 is 1.22 bits per heavy atom. The molecule has 0 aliphatic rings. The van der Waals surface area contributed by atoms with Crippen LogP contribution in [0.15, 0.2) is 36.8 Å². The largest absolute Gasteiger partial charge is 0.471 e. The van der Waals surface area contributed by atoms with Crippen molar-refractivity contribution in [2.45, 2.75) is 27.4 Å². The van der Waals surface area contributed by atoms with Crippen LogP contribution in [0.2, 0.25) is 0 Å². The van der Waals surface area contributed by atoms with Gasteiger partial charge in [0, 0.05) is 18.6 Å². The Labute approximate surface area is 108 Å². The van der Waals surface area contributed by atoms with Gasteiger partial charge in [-0.15, -0.1) is 0 Å². The van der Waals surface area contributed by atoms with E-state index in [2.05, 4.69) is 9.97 Å². The van der Waals surface area contributed by atoms with E-state index in [1.54, 1.807) is 18.6 Å². The fourth-order valence-electron chi connectivity index (χ4n) is 1.33. The zero-order chi connectivity index (χ0) is 13.4. The predicted molar refractivity (Wildman–Crippen MR) is 73.3 cm³/mol. The molecule has 0 atom stereocenters. The first-order valence-electron chi connectivity index (χ1n) is 5.99. The molecule has 2 heterocycles. The van der Waals surface area contributed by atoms with Crippen LogP contribution in [0.1, 0.15) is 25.0 Å². The Kier molecular flexibility index (Phi) is 5.64. The van der Waals surface area contributed by atoms with Gasteiger partial charge in [0.25, 0.3) is 0 Å². The molecular weight excluding hydrogens is 226 g/mol. The van der Waals surface area contributed by atoms with E-state index in [1.165, 1.54) is 0 Å². The number of hydrogen-bond acceptors (Lipinski definition) is 4. The van der Waals surface area contributed by atoms with Crippen LogP contribution in [0.25, 0.3) is 0 Å². The van der Waals surface area contributed by atoms with Gasteiger partial charge in [-0.3, -0.25) is 4.98 Å². The molecule has 0 saturated heterocycles. The zero-order valence-corrected chi connectivity index (χ0v) is 11.1. The van der Waals surface area contributed by atoms with Gasteiger partial charge in [0.1, 0.15) is 6.61 Å². The summed E-state index contributed by atoms with van der Waals surface area (Å²) >= 11 is 0. The van der Waals surface area contributed by atoms with Crippen molar-refractivity contribution in [3.05, 3.63) is 47.9 Å². The maximum absolute atomic E-state index is 5.79. The second-order valence-corrected chi connectivity index (χ2v) is 3.55. The van der Waals surface area contributed by atoms with E-state index in [0.29, 0.717) is 18.2 Å². The van der Waals surface area contributed by atoms with Crippen molar-refractivity contribution in [2.75, 3.05) is 5.73 Å². The summed E-state index contributed by atoms with van der Waals surface area (Å²) in [4.78, 5) is 8.06. The number of pyridine rings is 2. The van der Waals surface area contributed by atoms with Gasteiger partial charge in [-0.05, 0) is 36.2 Å². The topological polar surface area (TPSA) is 61.0 Å². The molecule has 4 heteroatoms. The maximum atomic E-state index is 5.79. The number of hydrogen-bond donors (Lipinski definition) is 1. The summed E-state index contributed by atoms with van der Waals surface area (Å²) < 4.78 is 5.51. The summed E-state index contributed by atoms with van der Waals surface area (Å²) in [5.41, 5.74) is 8.41. The Morgan fingerprint density at radius 2 is 1.89 bits per heavy atom. The molecular formula is C14H19N3O. The molecule has 0 bridgehead atoms. The van der Waals surface area contributed by atoms with Gasteiger partial charge in [0.05, 0.1) is 5.69 Å². The molecule has 2 N–H and O–H groups in total. The lowest BCUT2D eigenvalue weighted by Crippen LogP contribution is -2.01. The summed E-state index contributed by atoms with van der Waals surface area (Å²) in [5.74, 6) is 0.474. The zero-order valence-electron chi connectivity index (χ0n) is 11.1. The van der Waals surface area contributed by atoms with Crippen LogP contribution in [0.3, 0.4) is 0 Å². The normalized spacial score (nSPS) is 9.28. The van der Waals surface area contributed by atoms with E-state index in [1.807, 2.05) is 39.0 Å². The highest BCUT2D eigenvalue weighted by Gasteiger charge is 2.02. The molecule has 96 valence electrons. The standard InChI is InChI=1S/C12H13N3O.C2H6/c1-9-6-11(13)12(15-7-9)16-8-10-2-4-14-5-3-10;1-2/h2-7H,8,13H2,1H3;1-2H3. The molecule has 18 heavy (non-hydrogen) atoms. The summed E-state index contributed by atoms with van der Waals surface area (Å²) in [6.45, 7) is 6.39. The van der Waals surface area contributed by atoms with E-state index in [-0.39, 0.29) is 0 Å². The summed E-state index contributed by atoms with van der Waals surface area (Å²) in [6.07, 6.45) is 5.19. The van der Waals surface area contributed by atoms with Gasteiger partial charge in [0.2, 0.25) is 5.88 Å². The average Bonchev–Trinajstić information content (AvgIpc) is 2.41.